The quantitative estimate of drug-likeness (QED) is 0.818. The summed E-state index contributed by atoms with van der Waals surface area (Å²) < 4.78 is 43.1. The number of hydrogen-bond donors (Lipinski definition) is 2. The Bertz CT molecular complexity index is 578. The number of piperidine rings is 1. The average Bonchev–Trinajstić information content (AvgIpc) is 2.45. The lowest BCUT2D eigenvalue weighted by Gasteiger charge is -2.33. The zero-order valence-electron chi connectivity index (χ0n) is 12.4. The molecule has 1 heterocycles. The number of alkyl halides is 3. The van der Waals surface area contributed by atoms with E-state index in [9.17, 15) is 23.2 Å². The summed E-state index contributed by atoms with van der Waals surface area (Å²) in [7, 11) is 0. The fourth-order valence-electron chi connectivity index (χ4n) is 2.48. The molecule has 0 radical (unpaired) electrons. The van der Waals surface area contributed by atoms with Gasteiger partial charge in [0.1, 0.15) is 6.10 Å². The molecule has 23 heavy (non-hydrogen) atoms. The van der Waals surface area contributed by atoms with Crippen LogP contribution in [0.2, 0.25) is 0 Å². The van der Waals surface area contributed by atoms with Gasteiger partial charge in [-0.25, -0.2) is 5.21 Å². The Kier molecular flexibility index (Phi) is 5.12. The zero-order chi connectivity index (χ0) is 17.2. The lowest BCUT2D eigenvalue weighted by Crippen LogP contribution is -2.99. The van der Waals surface area contributed by atoms with Crippen molar-refractivity contribution in [1.29, 1.82) is 0 Å². The molecule has 1 unspecified atom stereocenters. The minimum Gasteiger partial charge on any atom is -0.595 e. The predicted molar refractivity (Wildman–Crippen MR) is 73.2 cm³/mol. The zero-order valence-corrected chi connectivity index (χ0v) is 12.4. The Balaban J connectivity index is 2.12. The number of hydrogen-bond acceptors (Lipinski definition) is 4. The van der Waals surface area contributed by atoms with Crippen LogP contribution in [0.1, 0.15) is 18.4 Å². The summed E-state index contributed by atoms with van der Waals surface area (Å²) in [4.78, 5) is 12.0. The van der Waals surface area contributed by atoms with E-state index >= 15 is 0 Å². The third kappa shape index (κ3) is 4.34. The van der Waals surface area contributed by atoms with E-state index < -0.39 is 23.4 Å². The maximum atomic E-state index is 12.5. The van der Waals surface area contributed by atoms with Crippen LogP contribution in [0.5, 0.6) is 5.75 Å². The molecule has 2 rings (SSSR count). The number of benzene rings is 1. The van der Waals surface area contributed by atoms with E-state index in [0.29, 0.717) is 17.7 Å². The summed E-state index contributed by atoms with van der Waals surface area (Å²) in [5.74, 6) is -1.79. The van der Waals surface area contributed by atoms with Crippen molar-refractivity contribution in [3.05, 3.63) is 29.0 Å². The normalized spacial score (nSPS) is 20.3. The van der Waals surface area contributed by atoms with Crippen LogP contribution in [0.4, 0.5) is 18.9 Å². The molecule has 1 saturated heterocycles. The van der Waals surface area contributed by atoms with Crippen molar-refractivity contribution in [2.24, 2.45) is 0 Å². The lowest BCUT2D eigenvalue weighted by atomic mass is 10.1. The van der Waals surface area contributed by atoms with Crippen LogP contribution < -0.4 is 9.96 Å². The Morgan fingerprint density at radius 2 is 2.17 bits per heavy atom. The molecule has 1 amide bonds. The number of amides is 1. The molecule has 0 aromatic heterocycles. The SMILES string of the molecule is Cc1ccc([NH+]([O-])O)c(O[C@H]2CCCN(C(=O)C(F)(F)F)C2)c1. The van der Waals surface area contributed by atoms with Crippen molar-refractivity contribution in [3.8, 4) is 5.75 Å². The number of carbonyl (C=O) groups is 1. The summed E-state index contributed by atoms with van der Waals surface area (Å²) in [6.45, 7) is 1.54. The molecule has 0 saturated carbocycles. The molecule has 0 spiro atoms. The van der Waals surface area contributed by atoms with Gasteiger partial charge in [0.15, 0.2) is 5.75 Å². The number of rotatable bonds is 3. The second-order valence-corrected chi connectivity index (χ2v) is 5.44. The number of nitrogens with one attached hydrogen (secondary N) is 1. The van der Waals surface area contributed by atoms with Gasteiger partial charge < -0.3 is 14.8 Å². The molecule has 1 aliphatic rings. The predicted octanol–water partition coefficient (Wildman–Crippen LogP) is 1.33. The van der Waals surface area contributed by atoms with Gasteiger partial charge in [0.05, 0.1) is 6.54 Å². The molecular weight excluding hydrogens is 317 g/mol. The molecule has 128 valence electrons. The first kappa shape index (κ1) is 17.5. The number of carbonyl (C=O) groups excluding carboxylic acids is 1. The monoisotopic (exact) mass is 334 g/mol. The number of aryl methyl sites for hydroxylation is 1. The molecule has 9 heteroatoms. The van der Waals surface area contributed by atoms with Crippen LogP contribution in [0, 0.1) is 12.1 Å². The van der Waals surface area contributed by atoms with E-state index in [4.69, 9.17) is 9.94 Å². The molecule has 2 N–H and O–H groups in total. The van der Waals surface area contributed by atoms with Crippen LogP contribution in [-0.4, -0.2) is 41.4 Å². The Morgan fingerprint density at radius 1 is 1.48 bits per heavy atom. The van der Waals surface area contributed by atoms with Crippen LogP contribution in [0.15, 0.2) is 18.2 Å². The third-order valence-corrected chi connectivity index (χ3v) is 3.57. The minimum atomic E-state index is -4.92. The Morgan fingerprint density at radius 3 is 2.78 bits per heavy atom. The first-order valence-electron chi connectivity index (χ1n) is 7.05. The second kappa shape index (κ2) is 6.73. The van der Waals surface area contributed by atoms with Gasteiger partial charge in [0.2, 0.25) is 5.69 Å². The molecule has 6 nitrogen and oxygen atoms in total. The molecule has 1 fully saturated rings. The van der Waals surface area contributed by atoms with E-state index in [-0.39, 0.29) is 24.5 Å². The van der Waals surface area contributed by atoms with Crippen molar-refractivity contribution in [2.45, 2.75) is 32.0 Å². The molecule has 0 bridgehead atoms. The van der Waals surface area contributed by atoms with Gasteiger partial charge in [-0.15, -0.1) is 0 Å². The highest BCUT2D eigenvalue weighted by atomic mass is 19.4. The van der Waals surface area contributed by atoms with Crippen LogP contribution >= 0.6 is 0 Å². The fraction of sp³-hybridized carbons (Fsp3) is 0.500. The van der Waals surface area contributed by atoms with E-state index in [0.717, 1.165) is 5.56 Å². The van der Waals surface area contributed by atoms with Crippen molar-refractivity contribution < 1.29 is 33.1 Å². The average molecular weight is 334 g/mol. The lowest BCUT2D eigenvalue weighted by molar-refractivity contribution is -0.991. The minimum absolute atomic E-state index is 0.0117. The highest BCUT2D eigenvalue weighted by Crippen LogP contribution is 2.27. The first-order valence-corrected chi connectivity index (χ1v) is 7.05. The Hall–Kier alpha value is -1.84. The van der Waals surface area contributed by atoms with Crippen molar-refractivity contribution in [1.82, 2.24) is 4.90 Å². The molecule has 1 aliphatic heterocycles. The van der Waals surface area contributed by atoms with Crippen LogP contribution in [0.25, 0.3) is 0 Å². The summed E-state index contributed by atoms with van der Waals surface area (Å²) in [6.07, 6.45) is -4.78. The van der Waals surface area contributed by atoms with Crippen molar-refractivity contribution in [3.63, 3.8) is 0 Å². The van der Waals surface area contributed by atoms with Crippen molar-refractivity contribution >= 4 is 11.6 Å². The molecule has 1 aromatic rings. The van der Waals surface area contributed by atoms with E-state index in [1.54, 1.807) is 13.0 Å². The summed E-state index contributed by atoms with van der Waals surface area (Å²) in [6, 6.07) is 4.51. The van der Waals surface area contributed by atoms with E-state index in [1.165, 1.54) is 12.1 Å². The van der Waals surface area contributed by atoms with Gasteiger partial charge in [0, 0.05) is 12.6 Å². The van der Waals surface area contributed by atoms with Crippen molar-refractivity contribution in [2.75, 3.05) is 13.1 Å². The number of quaternary nitrogens is 1. The van der Waals surface area contributed by atoms with Crippen LogP contribution in [-0.2, 0) is 4.79 Å². The van der Waals surface area contributed by atoms with Gasteiger partial charge in [-0.05, 0) is 31.4 Å². The van der Waals surface area contributed by atoms with Gasteiger partial charge >= 0.3 is 12.1 Å². The smallest absolute Gasteiger partial charge is 0.471 e. The standard InChI is InChI=1S/C14H17F3N2O4/c1-9-4-5-11(19(21)22)12(7-9)23-10-3-2-6-18(8-10)13(20)14(15,16)17/h4-5,7,10,19,21H,2-3,6,8H2,1H3/t10-/m0/s1. The van der Waals surface area contributed by atoms with Gasteiger partial charge in [-0.3, -0.25) is 4.79 Å². The van der Waals surface area contributed by atoms with E-state index in [1.807, 2.05) is 0 Å². The molecule has 0 aliphatic carbocycles. The summed E-state index contributed by atoms with van der Waals surface area (Å²) in [5.41, 5.74) is 0.707. The maximum Gasteiger partial charge on any atom is 0.471 e. The third-order valence-electron chi connectivity index (χ3n) is 3.57. The maximum absolute atomic E-state index is 12.5. The fourth-order valence-corrected chi connectivity index (χ4v) is 2.48. The van der Waals surface area contributed by atoms with Crippen LogP contribution in [0.3, 0.4) is 0 Å². The highest BCUT2D eigenvalue weighted by Gasteiger charge is 2.44. The summed E-state index contributed by atoms with van der Waals surface area (Å²) >= 11 is 0. The summed E-state index contributed by atoms with van der Waals surface area (Å²) in [5, 5.41) is 19.1. The molecular formula is C14H17F3N2O4. The number of ether oxygens (including phenoxy) is 1. The Labute approximate surface area is 130 Å². The number of likely N-dealkylation sites (tertiary alicyclic amines) is 1. The molecule has 2 atom stereocenters. The topological polar surface area (TPSA) is 77.3 Å². The van der Waals surface area contributed by atoms with Gasteiger partial charge in [0.25, 0.3) is 0 Å². The van der Waals surface area contributed by atoms with Gasteiger partial charge in [-0.2, -0.15) is 18.4 Å². The number of halogens is 3. The largest absolute Gasteiger partial charge is 0.595 e. The number of nitrogens with zero attached hydrogens (tertiary/aromatic N) is 1. The second-order valence-electron chi connectivity index (χ2n) is 5.44. The first-order chi connectivity index (χ1) is 10.7. The van der Waals surface area contributed by atoms with Gasteiger partial charge in [-0.1, -0.05) is 6.07 Å². The molecule has 1 aromatic carbocycles. The highest BCUT2D eigenvalue weighted by molar-refractivity contribution is 5.82. The van der Waals surface area contributed by atoms with E-state index in [2.05, 4.69) is 0 Å².